The van der Waals surface area contributed by atoms with E-state index in [4.69, 9.17) is 10.00 Å². The van der Waals surface area contributed by atoms with Gasteiger partial charge in [-0.25, -0.2) is 8.42 Å². The molecule has 0 spiro atoms. The molecule has 1 N–H and O–H groups in total. The van der Waals surface area contributed by atoms with Crippen molar-refractivity contribution >= 4 is 15.7 Å². The summed E-state index contributed by atoms with van der Waals surface area (Å²) in [6.45, 7) is 5.57. The molecule has 0 aliphatic carbocycles. The van der Waals surface area contributed by atoms with Crippen molar-refractivity contribution in [2.45, 2.75) is 20.8 Å². The van der Waals surface area contributed by atoms with E-state index in [9.17, 15) is 8.42 Å². The zero-order valence-electron chi connectivity index (χ0n) is 11.3. The molecule has 1 rings (SSSR count). The third-order valence-electron chi connectivity index (χ3n) is 2.05. The fraction of sp³-hybridized carbons (Fsp3) is 0.462. The maximum Gasteiger partial charge on any atom is 0.233 e. The van der Waals surface area contributed by atoms with Crippen molar-refractivity contribution in [2.24, 2.45) is 5.41 Å². The number of nitrogens with zero attached hydrogens (tertiary/aromatic N) is 1. The molecule has 0 unspecified atom stereocenters. The minimum atomic E-state index is -3.37. The van der Waals surface area contributed by atoms with E-state index in [1.165, 1.54) is 0 Å². The average molecular weight is 282 g/mol. The zero-order chi connectivity index (χ0) is 14.5. The molecular formula is C13H18N2O3S. The van der Waals surface area contributed by atoms with Gasteiger partial charge in [0, 0.05) is 5.69 Å². The number of hydrogen-bond donors (Lipinski definition) is 1. The minimum Gasteiger partial charge on any atom is -0.479 e. The largest absolute Gasteiger partial charge is 0.479 e. The van der Waals surface area contributed by atoms with Crippen LogP contribution < -0.4 is 9.46 Å². The van der Waals surface area contributed by atoms with Crippen LogP contribution in [-0.4, -0.2) is 20.8 Å². The highest BCUT2D eigenvalue weighted by Crippen LogP contribution is 2.20. The molecule has 0 heterocycles. The summed E-state index contributed by atoms with van der Waals surface area (Å²) in [5.74, 6) is 0.576. The molecule has 0 saturated carbocycles. The molecule has 0 amide bonds. The molecule has 6 heteroatoms. The Morgan fingerprint density at radius 1 is 1.26 bits per heavy atom. The van der Waals surface area contributed by atoms with E-state index in [2.05, 4.69) is 4.72 Å². The molecule has 104 valence electrons. The molecule has 0 atom stereocenters. The van der Waals surface area contributed by atoms with Gasteiger partial charge in [0.25, 0.3) is 0 Å². The Hall–Kier alpha value is -1.74. The standard InChI is InChI=1S/C13H18N2O3S/c1-13(2,3)10-19(16,17)15-11-4-6-12(7-5-11)18-9-8-14/h4-7,15H,9-10H2,1-3H3. The monoisotopic (exact) mass is 282 g/mol. The second-order valence-corrected chi connectivity index (χ2v) is 7.12. The molecule has 1 aromatic rings. The Balaban J connectivity index is 2.70. The molecule has 0 fully saturated rings. The van der Waals surface area contributed by atoms with E-state index in [0.717, 1.165) is 0 Å². The van der Waals surface area contributed by atoms with Gasteiger partial charge in [-0.2, -0.15) is 5.26 Å². The lowest BCUT2D eigenvalue weighted by atomic mass is 10.0. The van der Waals surface area contributed by atoms with E-state index in [-0.39, 0.29) is 17.8 Å². The van der Waals surface area contributed by atoms with Crippen LogP contribution in [0, 0.1) is 16.7 Å². The zero-order valence-corrected chi connectivity index (χ0v) is 12.1. The predicted octanol–water partition coefficient (Wildman–Crippen LogP) is 2.38. The molecule has 0 bridgehead atoms. The topological polar surface area (TPSA) is 79.2 Å². The third kappa shape index (κ3) is 6.11. The molecule has 0 saturated heterocycles. The lowest BCUT2D eigenvalue weighted by molar-refractivity contribution is 0.368. The van der Waals surface area contributed by atoms with Crippen molar-refractivity contribution < 1.29 is 13.2 Å². The number of rotatable bonds is 5. The van der Waals surface area contributed by atoms with Gasteiger partial charge in [0.05, 0.1) is 5.75 Å². The van der Waals surface area contributed by atoms with Crippen LogP contribution in [-0.2, 0) is 10.0 Å². The number of sulfonamides is 1. The van der Waals surface area contributed by atoms with Gasteiger partial charge in [-0.1, -0.05) is 20.8 Å². The van der Waals surface area contributed by atoms with Crippen LogP contribution in [0.15, 0.2) is 24.3 Å². The summed E-state index contributed by atoms with van der Waals surface area (Å²) in [5.41, 5.74) is 0.176. The first-order chi connectivity index (χ1) is 8.72. The van der Waals surface area contributed by atoms with Gasteiger partial charge in [0.1, 0.15) is 11.8 Å². The van der Waals surface area contributed by atoms with Crippen molar-refractivity contribution in [2.75, 3.05) is 17.1 Å². The van der Waals surface area contributed by atoms with Crippen molar-refractivity contribution in [1.29, 1.82) is 5.26 Å². The molecule has 19 heavy (non-hydrogen) atoms. The number of anilines is 1. The summed E-state index contributed by atoms with van der Waals surface area (Å²) < 4.78 is 31.4. The lowest BCUT2D eigenvalue weighted by Gasteiger charge is -2.18. The van der Waals surface area contributed by atoms with Crippen LogP contribution in [0.5, 0.6) is 5.75 Å². The highest BCUT2D eigenvalue weighted by atomic mass is 32.2. The van der Waals surface area contributed by atoms with Gasteiger partial charge in [0.2, 0.25) is 10.0 Å². The number of nitriles is 1. The fourth-order valence-electron chi connectivity index (χ4n) is 1.52. The Bertz CT molecular complexity index is 551. The Morgan fingerprint density at radius 3 is 2.32 bits per heavy atom. The molecule has 1 aromatic carbocycles. The maximum atomic E-state index is 11.9. The first-order valence-electron chi connectivity index (χ1n) is 5.82. The van der Waals surface area contributed by atoms with Crippen molar-refractivity contribution in [3.05, 3.63) is 24.3 Å². The third-order valence-corrected chi connectivity index (χ3v) is 3.85. The van der Waals surface area contributed by atoms with Crippen LogP contribution >= 0.6 is 0 Å². The maximum absolute atomic E-state index is 11.9. The van der Waals surface area contributed by atoms with Crippen LogP contribution in [0.2, 0.25) is 0 Å². The number of benzene rings is 1. The summed E-state index contributed by atoms with van der Waals surface area (Å²) in [4.78, 5) is 0. The SMILES string of the molecule is CC(C)(C)CS(=O)(=O)Nc1ccc(OCC#N)cc1. The van der Waals surface area contributed by atoms with Crippen molar-refractivity contribution in [3.63, 3.8) is 0 Å². The first-order valence-corrected chi connectivity index (χ1v) is 7.47. The van der Waals surface area contributed by atoms with Gasteiger partial charge in [-0.15, -0.1) is 0 Å². The second-order valence-electron chi connectivity index (χ2n) is 5.39. The average Bonchev–Trinajstić information content (AvgIpc) is 2.24. The summed E-state index contributed by atoms with van der Waals surface area (Å²) in [5, 5.41) is 8.38. The predicted molar refractivity (Wildman–Crippen MR) is 74.4 cm³/mol. The van der Waals surface area contributed by atoms with E-state index >= 15 is 0 Å². The number of hydrogen-bond acceptors (Lipinski definition) is 4. The quantitative estimate of drug-likeness (QED) is 0.899. The van der Waals surface area contributed by atoms with E-state index in [1.54, 1.807) is 24.3 Å². The lowest BCUT2D eigenvalue weighted by Crippen LogP contribution is -2.26. The summed E-state index contributed by atoms with van der Waals surface area (Å²) in [6, 6.07) is 8.30. The van der Waals surface area contributed by atoms with Gasteiger partial charge >= 0.3 is 0 Å². The first kappa shape index (κ1) is 15.3. The molecule has 0 aliphatic rings. The van der Waals surface area contributed by atoms with Crippen LogP contribution in [0.4, 0.5) is 5.69 Å². The van der Waals surface area contributed by atoms with Gasteiger partial charge < -0.3 is 4.74 Å². The molecule has 5 nitrogen and oxygen atoms in total. The molecule has 0 aromatic heterocycles. The van der Waals surface area contributed by atoms with E-state index in [1.807, 2.05) is 26.8 Å². The minimum absolute atomic E-state index is 0.0326. The summed E-state index contributed by atoms with van der Waals surface area (Å²) >= 11 is 0. The van der Waals surface area contributed by atoms with Crippen LogP contribution in [0.3, 0.4) is 0 Å². The van der Waals surface area contributed by atoms with Crippen molar-refractivity contribution in [3.8, 4) is 11.8 Å². The number of nitrogens with one attached hydrogen (secondary N) is 1. The summed E-state index contributed by atoms with van der Waals surface area (Å²) in [7, 11) is -3.37. The normalized spacial score (nSPS) is 11.7. The summed E-state index contributed by atoms with van der Waals surface area (Å²) in [6.07, 6.45) is 0. The van der Waals surface area contributed by atoms with Crippen molar-refractivity contribution in [1.82, 2.24) is 0 Å². The Morgan fingerprint density at radius 2 is 1.84 bits per heavy atom. The number of ether oxygens (including phenoxy) is 1. The molecule has 0 radical (unpaired) electrons. The Labute approximate surface area is 114 Å². The molecule has 0 aliphatic heterocycles. The van der Waals surface area contributed by atoms with Gasteiger partial charge in [-0.05, 0) is 29.7 Å². The van der Waals surface area contributed by atoms with Crippen LogP contribution in [0.25, 0.3) is 0 Å². The Kier molecular flexibility index (Phi) is 4.78. The highest BCUT2D eigenvalue weighted by Gasteiger charge is 2.21. The second kappa shape index (κ2) is 5.93. The van der Waals surface area contributed by atoms with Gasteiger partial charge in [-0.3, -0.25) is 4.72 Å². The molecular weight excluding hydrogens is 264 g/mol. The highest BCUT2D eigenvalue weighted by molar-refractivity contribution is 7.92. The van der Waals surface area contributed by atoms with Gasteiger partial charge in [0.15, 0.2) is 6.61 Å². The smallest absolute Gasteiger partial charge is 0.233 e. The fourth-order valence-corrected chi connectivity index (χ4v) is 3.23. The van der Waals surface area contributed by atoms with E-state index < -0.39 is 10.0 Å². The van der Waals surface area contributed by atoms with Crippen LogP contribution in [0.1, 0.15) is 20.8 Å². The van der Waals surface area contributed by atoms with E-state index in [0.29, 0.717) is 11.4 Å².